The fourth-order valence-corrected chi connectivity index (χ4v) is 7.10. The SMILES string of the molecule is CS(=O)(=O)c1ccc(-n2ncc3c2/C(=C/CNC(=O)NS(=O)(=O)c2cc(Cl)c(Cl)s2)CCC3)cc1. The number of hydrogen-bond donors (Lipinski definition) is 2. The average Bonchev–Trinajstić information content (AvgIpc) is 3.37. The van der Waals surface area contributed by atoms with Gasteiger partial charge in [0.2, 0.25) is 0 Å². The first-order valence-electron chi connectivity index (χ1n) is 10.3. The summed E-state index contributed by atoms with van der Waals surface area (Å²) in [5.41, 5.74) is 3.56. The number of aryl methyl sites for hydroxylation is 1. The van der Waals surface area contributed by atoms with Crippen molar-refractivity contribution in [3.63, 3.8) is 0 Å². The van der Waals surface area contributed by atoms with E-state index in [0.29, 0.717) is 5.69 Å². The quantitative estimate of drug-likeness (QED) is 0.457. The lowest BCUT2D eigenvalue weighted by atomic mass is 9.92. The molecule has 2 heterocycles. The number of nitrogens with one attached hydrogen (secondary N) is 2. The molecule has 0 bridgehead atoms. The molecule has 3 aromatic rings. The summed E-state index contributed by atoms with van der Waals surface area (Å²) in [4.78, 5) is 12.4. The van der Waals surface area contributed by atoms with E-state index in [1.807, 2.05) is 10.8 Å². The first-order valence-corrected chi connectivity index (χ1v) is 15.2. The number of benzene rings is 1. The molecule has 9 nitrogen and oxygen atoms in total. The van der Waals surface area contributed by atoms with Crippen LogP contribution in [0.3, 0.4) is 0 Å². The van der Waals surface area contributed by atoms with Crippen LogP contribution in [0.1, 0.15) is 24.1 Å². The minimum Gasteiger partial charge on any atom is -0.334 e. The maximum atomic E-state index is 12.3. The Morgan fingerprint density at radius 1 is 1.17 bits per heavy atom. The van der Waals surface area contributed by atoms with Crippen molar-refractivity contribution < 1.29 is 21.6 Å². The highest BCUT2D eigenvalue weighted by molar-refractivity contribution is 7.92. The molecule has 1 aliphatic carbocycles. The van der Waals surface area contributed by atoms with Gasteiger partial charge in [0.1, 0.15) is 8.55 Å². The lowest BCUT2D eigenvalue weighted by Crippen LogP contribution is -2.39. The fraction of sp³-hybridized carbons (Fsp3) is 0.238. The van der Waals surface area contributed by atoms with Gasteiger partial charge in [0.25, 0.3) is 10.0 Å². The number of thiophene rings is 1. The molecule has 14 heteroatoms. The zero-order chi connectivity index (χ0) is 25.4. The number of amides is 2. The van der Waals surface area contributed by atoms with E-state index in [4.69, 9.17) is 23.2 Å². The van der Waals surface area contributed by atoms with Crippen molar-refractivity contribution in [1.82, 2.24) is 19.8 Å². The second kappa shape index (κ2) is 9.94. The molecule has 2 N–H and O–H groups in total. The summed E-state index contributed by atoms with van der Waals surface area (Å²) < 4.78 is 51.8. The Kier molecular flexibility index (Phi) is 7.30. The second-order valence-corrected chi connectivity index (χ2v) is 13.8. The van der Waals surface area contributed by atoms with Crippen LogP contribution in [0, 0.1) is 0 Å². The molecule has 0 saturated carbocycles. The Hall–Kier alpha value is -2.38. The Morgan fingerprint density at radius 3 is 2.51 bits per heavy atom. The van der Waals surface area contributed by atoms with Crippen LogP contribution < -0.4 is 10.0 Å². The van der Waals surface area contributed by atoms with Gasteiger partial charge in [-0.2, -0.15) is 5.10 Å². The number of carbonyl (C=O) groups excluding carboxylic acids is 1. The number of aromatic nitrogens is 2. The molecule has 4 rings (SSSR count). The molecule has 1 aliphatic rings. The van der Waals surface area contributed by atoms with Crippen LogP contribution in [-0.2, 0) is 26.3 Å². The van der Waals surface area contributed by atoms with Crippen LogP contribution in [0.4, 0.5) is 4.79 Å². The molecule has 0 unspecified atom stereocenters. The third-order valence-corrected chi connectivity index (χ3v) is 10.1. The number of urea groups is 1. The number of rotatable bonds is 6. The third kappa shape index (κ3) is 5.72. The average molecular weight is 576 g/mol. The molecule has 2 aromatic heterocycles. The van der Waals surface area contributed by atoms with Crippen molar-refractivity contribution in [2.24, 2.45) is 0 Å². The van der Waals surface area contributed by atoms with E-state index in [1.54, 1.807) is 23.0 Å². The van der Waals surface area contributed by atoms with Gasteiger partial charge in [-0.1, -0.05) is 29.3 Å². The summed E-state index contributed by atoms with van der Waals surface area (Å²) in [6, 6.07) is 6.74. The first kappa shape index (κ1) is 25.7. The number of hydrogen-bond acceptors (Lipinski definition) is 7. The predicted molar refractivity (Wildman–Crippen MR) is 136 cm³/mol. The number of sulfone groups is 1. The van der Waals surface area contributed by atoms with Crippen LogP contribution in [-0.4, -0.2) is 45.4 Å². The Morgan fingerprint density at radius 2 is 1.89 bits per heavy atom. The van der Waals surface area contributed by atoms with E-state index < -0.39 is 25.9 Å². The maximum Gasteiger partial charge on any atom is 0.328 e. The van der Waals surface area contributed by atoms with E-state index in [-0.39, 0.29) is 25.0 Å². The molecule has 1 aromatic carbocycles. The van der Waals surface area contributed by atoms with Gasteiger partial charge < -0.3 is 5.32 Å². The monoisotopic (exact) mass is 574 g/mol. The topological polar surface area (TPSA) is 127 Å². The molecule has 0 atom stereocenters. The molecule has 0 spiro atoms. The summed E-state index contributed by atoms with van der Waals surface area (Å²) in [5, 5.41) is 7.09. The first-order chi connectivity index (χ1) is 16.5. The van der Waals surface area contributed by atoms with Gasteiger partial charge in [0, 0.05) is 12.8 Å². The van der Waals surface area contributed by atoms with Gasteiger partial charge in [-0.3, -0.25) is 0 Å². The van der Waals surface area contributed by atoms with Crippen LogP contribution in [0.2, 0.25) is 9.36 Å². The Balaban J connectivity index is 1.49. The van der Waals surface area contributed by atoms with Crippen LogP contribution in [0.25, 0.3) is 11.3 Å². The van der Waals surface area contributed by atoms with Crippen LogP contribution in [0.15, 0.2) is 51.7 Å². The molecule has 0 fully saturated rings. The van der Waals surface area contributed by atoms with Crippen molar-refractivity contribution in [1.29, 1.82) is 0 Å². The molecule has 0 radical (unpaired) electrons. The molecule has 0 saturated heterocycles. The highest BCUT2D eigenvalue weighted by atomic mass is 35.5. The number of allylic oxidation sites excluding steroid dienone is 1. The van der Waals surface area contributed by atoms with E-state index >= 15 is 0 Å². The van der Waals surface area contributed by atoms with Crippen molar-refractivity contribution in [2.45, 2.75) is 28.4 Å². The number of nitrogens with zero attached hydrogens (tertiary/aromatic N) is 2. The van der Waals surface area contributed by atoms with Crippen LogP contribution in [0.5, 0.6) is 0 Å². The maximum absolute atomic E-state index is 12.3. The standard InChI is InChI=1S/C21H20Cl2N4O5S3/c1-34(29,30)16-7-5-15(6-8-16)27-19-13(3-2-4-14(19)12-25-27)9-10-24-21(28)26-35(31,32)18-11-17(22)20(23)33-18/h5-9,11-12H,2-4,10H2,1H3,(H2,24,26,28)/b13-9+. The van der Waals surface area contributed by atoms with Gasteiger partial charge >= 0.3 is 6.03 Å². The van der Waals surface area contributed by atoms with Gasteiger partial charge in [-0.05, 0) is 60.7 Å². The van der Waals surface area contributed by atoms with E-state index in [9.17, 15) is 21.6 Å². The normalized spacial score (nSPS) is 15.1. The zero-order valence-corrected chi connectivity index (χ0v) is 22.2. The number of sulfonamides is 1. The zero-order valence-electron chi connectivity index (χ0n) is 18.3. The number of carbonyl (C=O) groups is 1. The fourth-order valence-electron chi connectivity index (χ4n) is 3.66. The highest BCUT2D eigenvalue weighted by Crippen LogP contribution is 2.34. The van der Waals surface area contributed by atoms with Gasteiger partial charge in [-0.15, -0.1) is 11.3 Å². The Labute approximate surface area is 216 Å². The van der Waals surface area contributed by atoms with Crippen molar-refractivity contribution in [2.75, 3.05) is 12.8 Å². The molecule has 0 aliphatic heterocycles. The van der Waals surface area contributed by atoms with Gasteiger partial charge in [0.05, 0.1) is 27.5 Å². The third-order valence-electron chi connectivity index (χ3n) is 5.28. The predicted octanol–water partition coefficient (Wildman–Crippen LogP) is 4.05. The van der Waals surface area contributed by atoms with Crippen LogP contribution >= 0.6 is 34.5 Å². The van der Waals surface area contributed by atoms with Crippen molar-refractivity contribution >= 4 is 66.0 Å². The van der Waals surface area contributed by atoms with E-state index in [1.165, 1.54) is 18.2 Å². The molecule has 35 heavy (non-hydrogen) atoms. The van der Waals surface area contributed by atoms with E-state index in [0.717, 1.165) is 53.7 Å². The smallest absolute Gasteiger partial charge is 0.328 e. The number of fused-ring (bicyclic) bond motifs is 1. The summed E-state index contributed by atoms with van der Waals surface area (Å²) >= 11 is 12.4. The van der Waals surface area contributed by atoms with Crippen molar-refractivity contribution in [3.8, 4) is 5.69 Å². The van der Waals surface area contributed by atoms with E-state index in [2.05, 4.69) is 10.4 Å². The summed E-state index contributed by atoms with van der Waals surface area (Å²) in [6.07, 6.45) is 7.22. The Bertz CT molecular complexity index is 1510. The molecule has 186 valence electrons. The van der Waals surface area contributed by atoms with Crippen molar-refractivity contribution in [3.05, 3.63) is 63.2 Å². The molecular formula is C21H20Cl2N4O5S3. The lowest BCUT2D eigenvalue weighted by Gasteiger charge is -2.18. The van der Waals surface area contributed by atoms with Gasteiger partial charge in [0.15, 0.2) is 9.84 Å². The summed E-state index contributed by atoms with van der Waals surface area (Å²) in [7, 11) is -7.41. The second-order valence-electron chi connectivity index (χ2n) is 7.78. The van der Waals surface area contributed by atoms with Gasteiger partial charge in [-0.25, -0.2) is 31.0 Å². The minimum atomic E-state index is -4.10. The highest BCUT2D eigenvalue weighted by Gasteiger charge is 2.23. The minimum absolute atomic E-state index is 0.0836. The molecular weight excluding hydrogens is 555 g/mol. The lowest BCUT2D eigenvalue weighted by molar-refractivity contribution is 0.247. The molecule has 2 amide bonds. The summed E-state index contributed by atoms with van der Waals surface area (Å²) in [5.74, 6) is 0. The largest absolute Gasteiger partial charge is 0.334 e. The summed E-state index contributed by atoms with van der Waals surface area (Å²) in [6.45, 7) is 0.0836. The number of halogens is 2.